The van der Waals surface area contributed by atoms with E-state index in [9.17, 15) is 0 Å². The topological polar surface area (TPSA) is 22.1 Å². The summed E-state index contributed by atoms with van der Waals surface area (Å²) in [6.45, 7) is 0.377. The van der Waals surface area contributed by atoms with Gasteiger partial charge >= 0.3 is 0 Å². The van der Waals surface area contributed by atoms with Gasteiger partial charge in [-0.3, -0.25) is 0 Å². The van der Waals surface area contributed by atoms with Crippen LogP contribution in [0, 0.1) is 0 Å². The van der Waals surface area contributed by atoms with E-state index in [1.165, 1.54) is 0 Å². The van der Waals surface area contributed by atoms with Gasteiger partial charge in [0.25, 0.3) is 0 Å². The van der Waals surface area contributed by atoms with Crippen LogP contribution in [0.1, 0.15) is 11.3 Å². The number of alkyl halides is 1. The lowest BCUT2D eigenvalue weighted by Crippen LogP contribution is -2.00. The highest BCUT2D eigenvalue weighted by Crippen LogP contribution is 2.26. The fourth-order valence-electron chi connectivity index (χ4n) is 2.16. The van der Waals surface area contributed by atoms with E-state index in [1.807, 2.05) is 54.6 Å². The van der Waals surface area contributed by atoms with E-state index in [2.05, 4.69) is 4.98 Å². The number of rotatable bonds is 4. The fourth-order valence-corrected chi connectivity index (χ4v) is 2.49. The normalized spacial score (nSPS) is 10.8. The minimum absolute atomic E-state index is 0.354. The highest BCUT2D eigenvalue weighted by Gasteiger charge is 2.08. The van der Waals surface area contributed by atoms with Crippen molar-refractivity contribution in [2.75, 3.05) is 0 Å². The van der Waals surface area contributed by atoms with E-state index in [1.54, 1.807) is 0 Å². The smallest absolute Gasteiger partial charge is 0.221 e. The van der Waals surface area contributed by atoms with Gasteiger partial charge < -0.3 is 4.74 Å². The summed E-state index contributed by atoms with van der Waals surface area (Å²) >= 11 is 12.0. The van der Waals surface area contributed by atoms with Gasteiger partial charge in [0.15, 0.2) is 0 Å². The van der Waals surface area contributed by atoms with Crippen molar-refractivity contribution < 1.29 is 4.74 Å². The number of halogens is 2. The first-order chi connectivity index (χ1) is 10.3. The third-order valence-electron chi connectivity index (χ3n) is 3.22. The molecule has 0 aliphatic rings. The predicted molar refractivity (Wildman–Crippen MR) is 87.1 cm³/mol. The molecule has 0 saturated carbocycles. The molecular formula is C17H13Cl2NO. The summed E-state index contributed by atoms with van der Waals surface area (Å²) < 4.78 is 5.87. The van der Waals surface area contributed by atoms with Crippen LogP contribution in [0.2, 0.25) is 5.02 Å². The number of aromatic nitrogens is 1. The molecule has 0 unspecified atom stereocenters. The second-order valence-corrected chi connectivity index (χ2v) is 5.33. The molecule has 0 amide bonds. The van der Waals surface area contributed by atoms with E-state index in [0.29, 0.717) is 23.4 Å². The van der Waals surface area contributed by atoms with Crippen LogP contribution in [-0.2, 0) is 12.5 Å². The van der Waals surface area contributed by atoms with Gasteiger partial charge in [0.2, 0.25) is 5.88 Å². The van der Waals surface area contributed by atoms with Crippen molar-refractivity contribution in [3.05, 3.63) is 70.9 Å². The van der Waals surface area contributed by atoms with Gasteiger partial charge in [0.05, 0.1) is 11.6 Å². The average Bonchev–Trinajstić information content (AvgIpc) is 2.53. The maximum Gasteiger partial charge on any atom is 0.221 e. The Hall–Kier alpha value is -1.77. The maximum atomic E-state index is 6.15. The largest absolute Gasteiger partial charge is 0.472 e. The second-order valence-electron chi connectivity index (χ2n) is 4.65. The molecule has 0 atom stereocenters. The summed E-state index contributed by atoms with van der Waals surface area (Å²) in [5.41, 5.74) is 1.73. The molecule has 1 heterocycles. The van der Waals surface area contributed by atoms with Gasteiger partial charge in [0.1, 0.15) is 6.61 Å². The number of pyridine rings is 1. The summed E-state index contributed by atoms with van der Waals surface area (Å²) in [5.74, 6) is 0.941. The first-order valence-corrected chi connectivity index (χ1v) is 7.50. The minimum Gasteiger partial charge on any atom is -0.472 e. The van der Waals surface area contributed by atoms with Crippen LogP contribution < -0.4 is 4.74 Å². The predicted octanol–water partition coefficient (Wildman–Crippen LogP) is 5.21. The van der Waals surface area contributed by atoms with Crippen molar-refractivity contribution >= 4 is 34.0 Å². The molecule has 2 nitrogen and oxygen atoms in total. The van der Waals surface area contributed by atoms with E-state index in [0.717, 1.165) is 22.0 Å². The standard InChI is InChI=1S/C17H13Cl2NO/c18-10-14-9-12-5-1-3-7-15(12)17(20-14)21-11-13-6-2-4-8-16(13)19/h1-9H,10-11H2. The van der Waals surface area contributed by atoms with Crippen LogP contribution in [0.5, 0.6) is 5.88 Å². The van der Waals surface area contributed by atoms with Gasteiger partial charge in [-0.15, -0.1) is 11.6 Å². The number of benzene rings is 2. The summed E-state index contributed by atoms with van der Waals surface area (Å²) in [6.07, 6.45) is 0. The first-order valence-electron chi connectivity index (χ1n) is 6.59. The van der Waals surface area contributed by atoms with Gasteiger partial charge in [-0.2, -0.15) is 0 Å². The van der Waals surface area contributed by atoms with Crippen molar-refractivity contribution in [3.8, 4) is 5.88 Å². The van der Waals surface area contributed by atoms with Crippen molar-refractivity contribution in [1.82, 2.24) is 4.98 Å². The number of ether oxygens (including phenoxy) is 1. The molecule has 0 bridgehead atoms. The molecule has 2 aromatic carbocycles. The molecular weight excluding hydrogens is 305 g/mol. The molecule has 106 valence electrons. The van der Waals surface area contributed by atoms with Crippen LogP contribution in [0.25, 0.3) is 10.8 Å². The number of hydrogen-bond donors (Lipinski definition) is 0. The highest BCUT2D eigenvalue weighted by molar-refractivity contribution is 6.31. The first kappa shape index (κ1) is 14.2. The lowest BCUT2D eigenvalue weighted by atomic mass is 10.1. The molecule has 21 heavy (non-hydrogen) atoms. The van der Waals surface area contributed by atoms with Gasteiger partial charge in [-0.1, -0.05) is 48.0 Å². The monoisotopic (exact) mass is 317 g/mol. The highest BCUT2D eigenvalue weighted by atomic mass is 35.5. The summed E-state index contributed by atoms with van der Waals surface area (Å²) in [5, 5.41) is 2.73. The molecule has 0 aliphatic carbocycles. The Balaban J connectivity index is 1.94. The van der Waals surface area contributed by atoms with Crippen molar-refractivity contribution in [1.29, 1.82) is 0 Å². The van der Waals surface area contributed by atoms with Crippen LogP contribution in [0.4, 0.5) is 0 Å². The molecule has 4 heteroatoms. The third-order valence-corrected chi connectivity index (χ3v) is 3.86. The molecule has 0 radical (unpaired) electrons. The van der Waals surface area contributed by atoms with Gasteiger partial charge in [-0.05, 0) is 23.6 Å². The molecule has 0 fully saturated rings. The Morgan fingerprint density at radius 2 is 1.76 bits per heavy atom. The summed E-state index contributed by atoms with van der Waals surface area (Å²) in [4.78, 5) is 4.47. The Kier molecular flexibility index (Phi) is 4.28. The van der Waals surface area contributed by atoms with Crippen LogP contribution >= 0.6 is 23.2 Å². The molecule has 0 N–H and O–H groups in total. The van der Waals surface area contributed by atoms with E-state index in [-0.39, 0.29) is 0 Å². The van der Waals surface area contributed by atoms with E-state index < -0.39 is 0 Å². The van der Waals surface area contributed by atoms with Crippen LogP contribution in [0.3, 0.4) is 0 Å². The van der Waals surface area contributed by atoms with Crippen molar-refractivity contribution in [2.45, 2.75) is 12.5 Å². The van der Waals surface area contributed by atoms with Gasteiger partial charge in [0, 0.05) is 16.0 Å². The quantitative estimate of drug-likeness (QED) is 0.616. The maximum absolute atomic E-state index is 6.15. The zero-order valence-corrected chi connectivity index (χ0v) is 12.7. The second kappa shape index (κ2) is 6.33. The zero-order chi connectivity index (χ0) is 14.7. The average molecular weight is 318 g/mol. The molecule has 3 rings (SSSR count). The molecule has 0 saturated heterocycles. The molecule has 1 aromatic heterocycles. The Labute approximate surface area is 133 Å². The molecule has 0 spiro atoms. The number of nitrogens with zero attached hydrogens (tertiary/aromatic N) is 1. The Morgan fingerprint density at radius 1 is 1.00 bits per heavy atom. The lowest BCUT2D eigenvalue weighted by Gasteiger charge is -2.11. The van der Waals surface area contributed by atoms with Crippen molar-refractivity contribution in [3.63, 3.8) is 0 Å². The lowest BCUT2D eigenvalue weighted by molar-refractivity contribution is 0.297. The third kappa shape index (κ3) is 3.12. The zero-order valence-electron chi connectivity index (χ0n) is 11.2. The molecule has 0 aliphatic heterocycles. The van der Waals surface area contributed by atoms with Gasteiger partial charge in [-0.25, -0.2) is 4.98 Å². The SMILES string of the molecule is ClCc1cc2ccccc2c(OCc2ccccc2Cl)n1. The Morgan fingerprint density at radius 3 is 2.57 bits per heavy atom. The Bertz CT molecular complexity index is 774. The van der Waals surface area contributed by atoms with Crippen LogP contribution in [-0.4, -0.2) is 4.98 Å². The number of fused-ring (bicyclic) bond motifs is 1. The van der Waals surface area contributed by atoms with E-state index in [4.69, 9.17) is 27.9 Å². The van der Waals surface area contributed by atoms with Crippen LogP contribution in [0.15, 0.2) is 54.6 Å². The summed E-state index contributed by atoms with van der Waals surface area (Å²) in [7, 11) is 0. The molecule has 3 aromatic rings. The van der Waals surface area contributed by atoms with Crippen molar-refractivity contribution in [2.24, 2.45) is 0 Å². The fraction of sp³-hybridized carbons (Fsp3) is 0.118. The minimum atomic E-state index is 0.354. The summed E-state index contributed by atoms with van der Waals surface area (Å²) in [6, 6.07) is 17.6. The number of hydrogen-bond acceptors (Lipinski definition) is 2. The van der Waals surface area contributed by atoms with E-state index >= 15 is 0 Å².